The molecule has 2 unspecified atom stereocenters. The molecule has 0 radical (unpaired) electrons. The van der Waals surface area contributed by atoms with E-state index in [0.29, 0.717) is 12.3 Å². The maximum atomic E-state index is 10.8. The number of aliphatic hydroxyl groups excluding tert-OH is 1. The van der Waals surface area contributed by atoms with Crippen LogP contribution in [0, 0.1) is 0 Å². The number of imidazole rings is 1. The van der Waals surface area contributed by atoms with Gasteiger partial charge in [-0.05, 0) is 30.7 Å². The number of rotatable bonds is 6. The van der Waals surface area contributed by atoms with Crippen molar-refractivity contribution in [3.05, 3.63) is 76.5 Å². The number of aromatic nitrogens is 2. The first-order chi connectivity index (χ1) is 12.8. The third-order valence-corrected chi connectivity index (χ3v) is 7.41. The minimum absolute atomic E-state index is 0.114. The fourth-order valence-electron chi connectivity index (χ4n) is 4.15. The lowest BCUT2D eigenvalue weighted by Gasteiger charge is -2.21. The van der Waals surface area contributed by atoms with Gasteiger partial charge >= 0.3 is 0 Å². The van der Waals surface area contributed by atoms with E-state index < -0.39 is 0 Å². The van der Waals surface area contributed by atoms with E-state index in [1.54, 1.807) is 0 Å². The van der Waals surface area contributed by atoms with Crippen LogP contribution in [0.25, 0.3) is 0 Å². The van der Waals surface area contributed by atoms with E-state index in [2.05, 4.69) is 32.5 Å². The molecule has 1 aliphatic carbocycles. The predicted octanol–water partition coefficient (Wildman–Crippen LogP) is 5.14. The quantitative estimate of drug-likeness (QED) is 0.613. The summed E-state index contributed by atoms with van der Waals surface area (Å²) in [5.74, 6) is 0.667. The minimum Gasteiger partial charge on any atom is -0.392 e. The molecule has 1 aromatic carbocycles. The molecule has 0 amide bonds. The highest BCUT2D eigenvalue weighted by Gasteiger charge is 2.29. The van der Waals surface area contributed by atoms with Crippen molar-refractivity contribution < 1.29 is 5.11 Å². The zero-order valence-electron chi connectivity index (χ0n) is 15.1. The second-order valence-electron chi connectivity index (χ2n) is 7.30. The highest BCUT2D eigenvalue weighted by atomic mass is 32.2. The highest BCUT2D eigenvalue weighted by molar-refractivity contribution is 7.28. The van der Waals surface area contributed by atoms with Gasteiger partial charge in [0.2, 0.25) is 0 Å². The predicted molar refractivity (Wildman–Crippen MR) is 108 cm³/mol. The summed E-state index contributed by atoms with van der Waals surface area (Å²) in [6.07, 6.45) is 13.5. The smallest absolute Gasteiger partial charge is 0.184 e. The van der Waals surface area contributed by atoms with Crippen LogP contribution in [-0.2, 0) is 12.8 Å². The Morgan fingerprint density at radius 2 is 1.88 bits per heavy atom. The van der Waals surface area contributed by atoms with Crippen molar-refractivity contribution in [2.75, 3.05) is 0 Å². The van der Waals surface area contributed by atoms with Crippen LogP contribution in [0.15, 0.2) is 60.5 Å². The van der Waals surface area contributed by atoms with E-state index in [9.17, 15) is 5.11 Å². The van der Waals surface area contributed by atoms with Gasteiger partial charge in [0.15, 0.2) is 10.3 Å². The van der Waals surface area contributed by atoms with Gasteiger partial charge in [-0.1, -0.05) is 49.6 Å². The summed E-state index contributed by atoms with van der Waals surface area (Å²) in [6, 6.07) is 12.6. The zero-order valence-corrected chi connectivity index (χ0v) is 15.9. The van der Waals surface area contributed by atoms with Crippen molar-refractivity contribution in [1.82, 2.24) is 8.96 Å². The van der Waals surface area contributed by atoms with Crippen molar-refractivity contribution in [2.24, 2.45) is 0 Å². The Bertz CT molecular complexity index is 804. The number of nitrogens with zero attached hydrogens (tertiary/aromatic N) is 2. The molecule has 3 aromatic rings. The van der Waals surface area contributed by atoms with Crippen LogP contribution in [0.5, 0.6) is 0 Å². The van der Waals surface area contributed by atoms with Gasteiger partial charge in [0.05, 0.1) is 24.9 Å². The fourth-order valence-corrected chi connectivity index (χ4v) is 6.16. The molecule has 2 heterocycles. The maximum Gasteiger partial charge on any atom is 0.184 e. The zero-order chi connectivity index (χ0) is 17.8. The van der Waals surface area contributed by atoms with E-state index >= 15 is 0 Å². The average Bonchev–Trinajstić information content (AvgIpc) is 3.33. The molecule has 1 aliphatic rings. The second-order valence-corrected chi connectivity index (χ2v) is 9.12. The molecule has 0 aliphatic heterocycles. The van der Waals surface area contributed by atoms with Gasteiger partial charge in [-0.2, -0.15) is 0 Å². The second kappa shape index (κ2) is 8.19. The van der Waals surface area contributed by atoms with Crippen molar-refractivity contribution >= 4 is 10.7 Å². The number of benzene rings is 1. The third-order valence-electron chi connectivity index (χ3n) is 5.44. The van der Waals surface area contributed by atoms with Crippen molar-refractivity contribution in [1.29, 1.82) is 0 Å². The van der Waals surface area contributed by atoms with E-state index in [1.165, 1.54) is 48.1 Å². The molecule has 136 valence electrons. The Hall–Kier alpha value is -1.91. The number of thiophene rings is 1. The van der Waals surface area contributed by atoms with Crippen LogP contribution in [0.2, 0.25) is 0 Å². The highest BCUT2D eigenvalue weighted by Crippen LogP contribution is 2.41. The van der Waals surface area contributed by atoms with Crippen LogP contribution >= 0.6 is 10.7 Å². The van der Waals surface area contributed by atoms with Crippen LogP contribution in [0.1, 0.15) is 54.0 Å². The molecule has 2 aromatic heterocycles. The topological polar surface area (TPSA) is 38.0 Å². The summed E-state index contributed by atoms with van der Waals surface area (Å²) in [7, 11) is -0.114. The Kier molecular flexibility index (Phi) is 5.51. The number of hydrogen-bond donors (Lipinski definition) is 1. The van der Waals surface area contributed by atoms with Crippen molar-refractivity contribution in [3.8, 4) is 0 Å². The molecule has 3 nitrogen and oxygen atoms in total. The first-order valence-corrected chi connectivity index (χ1v) is 10.9. The molecule has 0 spiro atoms. The van der Waals surface area contributed by atoms with Gasteiger partial charge in [-0.3, -0.25) is 0 Å². The fraction of sp³-hybridized carbons (Fsp3) is 0.409. The van der Waals surface area contributed by atoms with E-state index in [1.807, 2.05) is 36.9 Å². The molecule has 0 saturated heterocycles. The van der Waals surface area contributed by atoms with Crippen LogP contribution in [-0.4, -0.2) is 20.2 Å². The standard InChI is InChI=1S/C22H27N2OS/c25-20(15-18-7-3-1-4-8-18)16-22-21(19-9-5-2-6-10-19)11-14-26(22)24-13-12-23-17-24/h1,3-4,7-8,11-14,17,19-20,25H,2,5-6,9-10,15-16H2/q+1. The van der Waals surface area contributed by atoms with Gasteiger partial charge in [0.1, 0.15) is 17.0 Å². The Labute approximate surface area is 158 Å². The molecule has 1 fully saturated rings. The normalized spacial score (nSPS) is 17.3. The van der Waals surface area contributed by atoms with Gasteiger partial charge in [-0.25, -0.2) is 4.98 Å². The largest absolute Gasteiger partial charge is 0.392 e. The summed E-state index contributed by atoms with van der Waals surface area (Å²) in [5, 5.41) is 13.1. The average molecular weight is 368 g/mol. The molecular formula is C22H27N2OS+. The Balaban J connectivity index is 1.60. The first-order valence-electron chi connectivity index (χ1n) is 9.66. The Morgan fingerprint density at radius 1 is 1.08 bits per heavy atom. The molecule has 4 rings (SSSR count). The molecule has 2 atom stereocenters. The lowest BCUT2D eigenvalue weighted by molar-refractivity contribution is 0.176. The number of aliphatic hydroxyl groups is 1. The summed E-state index contributed by atoms with van der Waals surface area (Å²) in [5.41, 5.74) is 2.70. The molecule has 0 bridgehead atoms. The van der Waals surface area contributed by atoms with Crippen LogP contribution in [0.3, 0.4) is 0 Å². The first kappa shape index (κ1) is 17.5. The lowest BCUT2D eigenvalue weighted by Crippen LogP contribution is -2.16. The third kappa shape index (κ3) is 3.92. The summed E-state index contributed by atoms with van der Waals surface area (Å²) in [4.78, 5) is 5.65. The molecule has 1 saturated carbocycles. The monoisotopic (exact) mass is 367 g/mol. The number of hydrogen-bond acceptors (Lipinski definition) is 2. The molecule has 4 heteroatoms. The van der Waals surface area contributed by atoms with Crippen molar-refractivity contribution in [3.63, 3.8) is 0 Å². The Morgan fingerprint density at radius 3 is 2.62 bits per heavy atom. The maximum absolute atomic E-state index is 10.8. The van der Waals surface area contributed by atoms with Crippen LogP contribution in [0.4, 0.5) is 0 Å². The minimum atomic E-state index is -0.343. The van der Waals surface area contributed by atoms with Gasteiger partial charge < -0.3 is 5.11 Å². The molecule has 1 N–H and O–H groups in total. The molecule has 26 heavy (non-hydrogen) atoms. The lowest BCUT2D eigenvalue weighted by atomic mass is 9.83. The molecular weight excluding hydrogens is 340 g/mol. The van der Waals surface area contributed by atoms with Gasteiger partial charge in [0.25, 0.3) is 0 Å². The van der Waals surface area contributed by atoms with E-state index in [0.717, 1.165) is 6.42 Å². The summed E-state index contributed by atoms with van der Waals surface area (Å²) < 4.78 is 2.19. The summed E-state index contributed by atoms with van der Waals surface area (Å²) >= 11 is 0. The van der Waals surface area contributed by atoms with E-state index in [-0.39, 0.29) is 16.8 Å². The van der Waals surface area contributed by atoms with Crippen molar-refractivity contribution in [2.45, 2.75) is 57.0 Å². The van der Waals surface area contributed by atoms with Gasteiger partial charge in [0, 0.05) is 11.6 Å². The summed E-state index contributed by atoms with van der Waals surface area (Å²) in [6.45, 7) is 0. The van der Waals surface area contributed by atoms with Crippen LogP contribution < -0.4 is 0 Å². The van der Waals surface area contributed by atoms with E-state index in [4.69, 9.17) is 0 Å². The van der Waals surface area contributed by atoms with Gasteiger partial charge in [-0.15, -0.1) is 3.97 Å². The SMILES string of the molecule is OC(Cc1ccccc1)Cc1c(C2CCCCC2)cc[s+]1-n1ccnc1.